The van der Waals surface area contributed by atoms with E-state index in [1.54, 1.807) is 13.2 Å². The van der Waals surface area contributed by atoms with E-state index in [9.17, 15) is 13.2 Å². The minimum Gasteiger partial charge on any atom is -0.497 e. The van der Waals surface area contributed by atoms with E-state index in [4.69, 9.17) is 16.3 Å². The molecule has 6 heteroatoms. The van der Waals surface area contributed by atoms with Crippen LogP contribution in [0.3, 0.4) is 0 Å². The van der Waals surface area contributed by atoms with Crippen molar-refractivity contribution in [3.8, 4) is 11.5 Å². The summed E-state index contributed by atoms with van der Waals surface area (Å²) in [6.45, 7) is 0. The Hall–Kier alpha value is -2.14. The number of alkyl halides is 3. The predicted octanol–water partition coefficient (Wildman–Crippen LogP) is 5.42. The van der Waals surface area contributed by atoms with Gasteiger partial charge in [-0.15, -0.1) is 13.2 Å². The molecule has 0 atom stereocenters. The molecule has 0 saturated heterocycles. The molecule has 116 valence electrons. The second-order valence-corrected chi connectivity index (χ2v) is 4.75. The van der Waals surface area contributed by atoms with Gasteiger partial charge in [0, 0.05) is 0 Å². The number of halogens is 4. The SMILES string of the molecule is COc1ccc(/C=C/c2ccc(OC(F)(F)F)c(Cl)c2)cc1. The maximum Gasteiger partial charge on any atom is 0.573 e. The van der Waals surface area contributed by atoms with Crippen LogP contribution in [0.4, 0.5) is 13.2 Å². The molecule has 0 heterocycles. The first-order chi connectivity index (χ1) is 10.4. The van der Waals surface area contributed by atoms with E-state index in [0.29, 0.717) is 5.56 Å². The first kappa shape index (κ1) is 16.2. The summed E-state index contributed by atoms with van der Waals surface area (Å²) in [5.41, 5.74) is 1.59. The van der Waals surface area contributed by atoms with Crippen molar-refractivity contribution in [1.82, 2.24) is 0 Å². The molecule has 2 aromatic rings. The topological polar surface area (TPSA) is 18.5 Å². The second kappa shape index (κ2) is 6.75. The molecule has 0 radical (unpaired) electrons. The molecule has 22 heavy (non-hydrogen) atoms. The van der Waals surface area contributed by atoms with Gasteiger partial charge >= 0.3 is 6.36 Å². The Labute approximate surface area is 130 Å². The van der Waals surface area contributed by atoms with E-state index < -0.39 is 12.1 Å². The fraction of sp³-hybridized carbons (Fsp3) is 0.125. The van der Waals surface area contributed by atoms with Crippen molar-refractivity contribution < 1.29 is 22.6 Å². The van der Waals surface area contributed by atoms with E-state index in [0.717, 1.165) is 11.3 Å². The summed E-state index contributed by atoms with van der Waals surface area (Å²) in [4.78, 5) is 0. The Bertz CT molecular complexity index is 664. The molecule has 0 spiro atoms. The molecule has 0 amide bonds. The number of methoxy groups -OCH3 is 1. The highest BCUT2D eigenvalue weighted by Crippen LogP contribution is 2.31. The summed E-state index contributed by atoms with van der Waals surface area (Å²) in [5, 5.41) is -0.103. The van der Waals surface area contributed by atoms with Crippen LogP contribution in [0.1, 0.15) is 11.1 Å². The highest BCUT2D eigenvalue weighted by Gasteiger charge is 2.31. The molecule has 2 aromatic carbocycles. The maximum absolute atomic E-state index is 12.1. The van der Waals surface area contributed by atoms with Crippen molar-refractivity contribution in [2.45, 2.75) is 6.36 Å². The molecule has 0 saturated carbocycles. The van der Waals surface area contributed by atoms with Crippen LogP contribution in [-0.4, -0.2) is 13.5 Å². The third kappa shape index (κ3) is 4.70. The van der Waals surface area contributed by atoms with Gasteiger partial charge in [-0.05, 0) is 35.4 Å². The molecule has 0 bridgehead atoms. The molecule has 0 unspecified atom stereocenters. The number of benzene rings is 2. The lowest BCUT2D eigenvalue weighted by Crippen LogP contribution is -2.17. The van der Waals surface area contributed by atoms with Gasteiger partial charge in [0.2, 0.25) is 0 Å². The van der Waals surface area contributed by atoms with Gasteiger partial charge in [-0.1, -0.05) is 42.0 Å². The predicted molar refractivity (Wildman–Crippen MR) is 80.1 cm³/mol. The number of hydrogen-bond donors (Lipinski definition) is 0. The molecule has 2 rings (SSSR count). The van der Waals surface area contributed by atoms with E-state index in [1.165, 1.54) is 18.2 Å². The van der Waals surface area contributed by atoms with Crippen LogP contribution in [0.5, 0.6) is 11.5 Å². The van der Waals surface area contributed by atoms with Gasteiger partial charge in [0.05, 0.1) is 12.1 Å². The molecule has 0 aliphatic carbocycles. The Morgan fingerprint density at radius 3 is 2.09 bits per heavy atom. The summed E-state index contributed by atoms with van der Waals surface area (Å²) in [6, 6.07) is 11.4. The van der Waals surface area contributed by atoms with Gasteiger partial charge in [-0.25, -0.2) is 0 Å². The maximum atomic E-state index is 12.1. The van der Waals surface area contributed by atoms with Crippen molar-refractivity contribution in [2.75, 3.05) is 7.11 Å². The van der Waals surface area contributed by atoms with Crippen LogP contribution >= 0.6 is 11.6 Å². The zero-order valence-corrected chi connectivity index (χ0v) is 12.3. The minimum atomic E-state index is -4.76. The van der Waals surface area contributed by atoms with E-state index in [-0.39, 0.29) is 5.02 Å². The van der Waals surface area contributed by atoms with Crippen molar-refractivity contribution >= 4 is 23.8 Å². The van der Waals surface area contributed by atoms with Gasteiger partial charge in [-0.2, -0.15) is 0 Å². The van der Waals surface area contributed by atoms with Gasteiger partial charge in [-0.3, -0.25) is 0 Å². The Morgan fingerprint density at radius 1 is 0.955 bits per heavy atom. The van der Waals surface area contributed by atoms with Crippen LogP contribution in [-0.2, 0) is 0 Å². The Morgan fingerprint density at radius 2 is 1.55 bits per heavy atom. The first-order valence-electron chi connectivity index (χ1n) is 6.25. The van der Waals surface area contributed by atoms with Crippen molar-refractivity contribution in [1.29, 1.82) is 0 Å². The highest BCUT2D eigenvalue weighted by molar-refractivity contribution is 6.32. The zero-order chi connectivity index (χ0) is 16.2. The lowest BCUT2D eigenvalue weighted by Gasteiger charge is -2.10. The summed E-state index contributed by atoms with van der Waals surface area (Å²) >= 11 is 5.78. The zero-order valence-electron chi connectivity index (χ0n) is 11.5. The Balaban J connectivity index is 2.12. The van der Waals surface area contributed by atoms with Gasteiger partial charge in [0.15, 0.2) is 0 Å². The van der Waals surface area contributed by atoms with E-state index >= 15 is 0 Å². The van der Waals surface area contributed by atoms with Crippen LogP contribution in [0.2, 0.25) is 5.02 Å². The fourth-order valence-electron chi connectivity index (χ4n) is 1.74. The second-order valence-electron chi connectivity index (χ2n) is 4.34. The molecular weight excluding hydrogens is 317 g/mol. The van der Waals surface area contributed by atoms with Crippen molar-refractivity contribution in [2.24, 2.45) is 0 Å². The fourth-order valence-corrected chi connectivity index (χ4v) is 1.96. The van der Waals surface area contributed by atoms with Crippen molar-refractivity contribution in [3.63, 3.8) is 0 Å². The van der Waals surface area contributed by atoms with Crippen molar-refractivity contribution in [3.05, 3.63) is 58.6 Å². The molecule has 0 fully saturated rings. The van der Waals surface area contributed by atoms with Gasteiger partial charge in [0.25, 0.3) is 0 Å². The molecule has 0 aromatic heterocycles. The van der Waals surface area contributed by atoms with Crippen LogP contribution in [0.15, 0.2) is 42.5 Å². The van der Waals surface area contributed by atoms with Crippen LogP contribution < -0.4 is 9.47 Å². The monoisotopic (exact) mass is 328 g/mol. The lowest BCUT2D eigenvalue weighted by molar-refractivity contribution is -0.274. The van der Waals surface area contributed by atoms with Gasteiger partial charge in [0.1, 0.15) is 11.5 Å². The Kier molecular flexibility index (Phi) is 4.98. The standard InChI is InChI=1S/C16H12ClF3O2/c1-21-13-7-4-11(5-8-13)2-3-12-6-9-15(14(17)10-12)22-16(18,19)20/h2-10H,1H3/b3-2+. The lowest BCUT2D eigenvalue weighted by atomic mass is 10.1. The first-order valence-corrected chi connectivity index (χ1v) is 6.62. The van der Waals surface area contributed by atoms with Gasteiger partial charge < -0.3 is 9.47 Å². The summed E-state index contributed by atoms with van der Waals surface area (Å²) in [5.74, 6) is 0.324. The third-order valence-electron chi connectivity index (χ3n) is 2.77. The largest absolute Gasteiger partial charge is 0.573 e. The molecule has 0 N–H and O–H groups in total. The van der Waals surface area contributed by atoms with E-state index in [1.807, 2.05) is 30.3 Å². The quantitative estimate of drug-likeness (QED) is 0.698. The molecular formula is C16H12ClF3O2. The third-order valence-corrected chi connectivity index (χ3v) is 3.06. The summed E-state index contributed by atoms with van der Waals surface area (Å²) < 4.78 is 45.3. The normalized spacial score (nSPS) is 11.7. The highest BCUT2D eigenvalue weighted by atomic mass is 35.5. The number of hydrogen-bond acceptors (Lipinski definition) is 2. The molecule has 0 aliphatic heterocycles. The van der Waals surface area contributed by atoms with E-state index in [2.05, 4.69) is 4.74 Å². The average Bonchev–Trinajstić information content (AvgIpc) is 2.47. The minimum absolute atomic E-state index is 0.103. The number of ether oxygens (including phenoxy) is 2. The summed E-state index contributed by atoms with van der Waals surface area (Å²) in [7, 11) is 1.58. The van der Waals surface area contributed by atoms with Crippen LogP contribution in [0.25, 0.3) is 12.2 Å². The molecule has 2 nitrogen and oxygen atoms in total. The smallest absolute Gasteiger partial charge is 0.497 e. The summed E-state index contributed by atoms with van der Waals surface area (Å²) in [6.07, 6.45) is -1.20. The molecule has 0 aliphatic rings. The average molecular weight is 329 g/mol. The number of rotatable bonds is 4. The van der Waals surface area contributed by atoms with Crippen LogP contribution in [0, 0.1) is 0 Å².